The fourth-order valence-electron chi connectivity index (χ4n) is 2.24. The van der Waals surface area contributed by atoms with Crippen molar-refractivity contribution in [2.75, 3.05) is 5.32 Å². The van der Waals surface area contributed by atoms with Gasteiger partial charge < -0.3 is 16.3 Å². The van der Waals surface area contributed by atoms with Gasteiger partial charge in [-0.05, 0) is 12.8 Å². The monoisotopic (exact) mass is 237 g/mol. The van der Waals surface area contributed by atoms with Crippen molar-refractivity contribution in [3.8, 4) is 0 Å². The SMILES string of the molecule is NC(=NO)C1(C(=O)Nc2cn[nH]c2)CCCC1. The molecule has 0 aliphatic heterocycles. The number of rotatable bonds is 3. The van der Waals surface area contributed by atoms with Gasteiger partial charge in [0, 0.05) is 6.20 Å². The number of aromatic amines is 1. The minimum atomic E-state index is -0.883. The molecule has 5 N–H and O–H groups in total. The molecule has 0 spiro atoms. The molecule has 7 nitrogen and oxygen atoms in total. The fourth-order valence-corrected chi connectivity index (χ4v) is 2.24. The van der Waals surface area contributed by atoms with Gasteiger partial charge in [-0.3, -0.25) is 9.89 Å². The summed E-state index contributed by atoms with van der Waals surface area (Å²) >= 11 is 0. The predicted molar refractivity (Wildman–Crippen MR) is 61.5 cm³/mol. The third kappa shape index (κ3) is 1.95. The lowest BCUT2D eigenvalue weighted by molar-refractivity contribution is -0.122. The van der Waals surface area contributed by atoms with Crippen LogP contribution in [-0.2, 0) is 4.79 Å². The number of hydrogen-bond donors (Lipinski definition) is 4. The highest BCUT2D eigenvalue weighted by atomic mass is 16.4. The van der Waals surface area contributed by atoms with Crippen LogP contribution in [-0.4, -0.2) is 27.1 Å². The summed E-state index contributed by atoms with van der Waals surface area (Å²) in [5, 5.41) is 20.9. The lowest BCUT2D eigenvalue weighted by Gasteiger charge is -2.25. The lowest BCUT2D eigenvalue weighted by Crippen LogP contribution is -2.45. The first-order valence-electron chi connectivity index (χ1n) is 5.47. The Morgan fingerprint density at radius 3 is 2.82 bits per heavy atom. The smallest absolute Gasteiger partial charge is 0.238 e. The highest BCUT2D eigenvalue weighted by Gasteiger charge is 2.45. The Kier molecular flexibility index (Phi) is 2.99. The number of nitrogens with two attached hydrogens (primary N) is 1. The van der Waals surface area contributed by atoms with Crippen LogP contribution in [0.3, 0.4) is 0 Å². The highest BCUT2D eigenvalue weighted by Crippen LogP contribution is 2.39. The third-order valence-electron chi connectivity index (χ3n) is 3.25. The summed E-state index contributed by atoms with van der Waals surface area (Å²) in [7, 11) is 0. The topological polar surface area (TPSA) is 116 Å². The van der Waals surface area contributed by atoms with Gasteiger partial charge in [-0.2, -0.15) is 5.10 Å². The Balaban J connectivity index is 2.19. The largest absolute Gasteiger partial charge is 0.409 e. The first-order chi connectivity index (χ1) is 8.19. The molecule has 0 saturated heterocycles. The second kappa shape index (κ2) is 4.44. The molecule has 1 fully saturated rings. The van der Waals surface area contributed by atoms with E-state index >= 15 is 0 Å². The molecule has 0 atom stereocenters. The van der Waals surface area contributed by atoms with Gasteiger partial charge in [-0.25, -0.2) is 0 Å². The highest BCUT2D eigenvalue weighted by molar-refractivity contribution is 6.12. The Morgan fingerprint density at radius 2 is 2.29 bits per heavy atom. The van der Waals surface area contributed by atoms with E-state index < -0.39 is 5.41 Å². The van der Waals surface area contributed by atoms with Crippen molar-refractivity contribution in [2.24, 2.45) is 16.3 Å². The second-order valence-electron chi connectivity index (χ2n) is 4.22. The van der Waals surface area contributed by atoms with E-state index in [9.17, 15) is 4.79 Å². The van der Waals surface area contributed by atoms with E-state index in [-0.39, 0.29) is 11.7 Å². The normalized spacial score (nSPS) is 19.2. The average Bonchev–Trinajstić information content (AvgIpc) is 2.98. The summed E-state index contributed by atoms with van der Waals surface area (Å²) in [6.07, 6.45) is 6.09. The van der Waals surface area contributed by atoms with E-state index in [1.54, 1.807) is 6.20 Å². The summed E-state index contributed by atoms with van der Waals surface area (Å²) in [6, 6.07) is 0. The molecule has 7 heteroatoms. The van der Waals surface area contributed by atoms with Gasteiger partial charge in [0.1, 0.15) is 5.41 Å². The van der Waals surface area contributed by atoms with Crippen LogP contribution in [0, 0.1) is 5.41 Å². The van der Waals surface area contributed by atoms with Crippen molar-refractivity contribution in [3.05, 3.63) is 12.4 Å². The molecule has 0 bridgehead atoms. The summed E-state index contributed by atoms with van der Waals surface area (Å²) in [5.41, 5.74) is 5.35. The third-order valence-corrected chi connectivity index (χ3v) is 3.25. The lowest BCUT2D eigenvalue weighted by atomic mass is 9.84. The number of hydrogen-bond acceptors (Lipinski definition) is 4. The van der Waals surface area contributed by atoms with E-state index in [1.165, 1.54) is 6.20 Å². The number of nitrogens with one attached hydrogen (secondary N) is 2. The first-order valence-corrected chi connectivity index (χ1v) is 5.47. The number of amidine groups is 1. The molecular weight excluding hydrogens is 222 g/mol. The van der Waals surface area contributed by atoms with Crippen LogP contribution in [0.5, 0.6) is 0 Å². The fraction of sp³-hybridized carbons (Fsp3) is 0.500. The zero-order valence-corrected chi connectivity index (χ0v) is 9.31. The maximum atomic E-state index is 12.2. The van der Waals surface area contributed by atoms with Gasteiger partial charge in [0.15, 0.2) is 5.84 Å². The van der Waals surface area contributed by atoms with Crippen LogP contribution in [0.1, 0.15) is 25.7 Å². The van der Waals surface area contributed by atoms with Crippen molar-refractivity contribution in [1.82, 2.24) is 10.2 Å². The summed E-state index contributed by atoms with van der Waals surface area (Å²) in [6.45, 7) is 0. The van der Waals surface area contributed by atoms with E-state index in [1.807, 2.05) is 0 Å². The van der Waals surface area contributed by atoms with Crippen molar-refractivity contribution < 1.29 is 10.0 Å². The van der Waals surface area contributed by atoms with Crippen LogP contribution < -0.4 is 11.1 Å². The van der Waals surface area contributed by atoms with Gasteiger partial charge in [0.25, 0.3) is 0 Å². The molecule has 0 aromatic carbocycles. The van der Waals surface area contributed by atoms with Crippen LogP contribution in [0.25, 0.3) is 0 Å². The van der Waals surface area contributed by atoms with Gasteiger partial charge >= 0.3 is 0 Å². The number of carbonyl (C=O) groups excluding carboxylic acids is 1. The summed E-state index contributed by atoms with van der Waals surface area (Å²) in [4.78, 5) is 12.2. The van der Waals surface area contributed by atoms with Crippen molar-refractivity contribution in [3.63, 3.8) is 0 Å². The number of carbonyl (C=O) groups is 1. The van der Waals surface area contributed by atoms with Crippen molar-refractivity contribution in [2.45, 2.75) is 25.7 Å². The Morgan fingerprint density at radius 1 is 1.59 bits per heavy atom. The average molecular weight is 237 g/mol. The first kappa shape index (κ1) is 11.4. The molecule has 1 amide bonds. The molecule has 0 radical (unpaired) electrons. The van der Waals surface area contributed by atoms with Gasteiger partial charge in [-0.15, -0.1) is 0 Å². The molecule has 1 aromatic rings. The number of anilines is 1. The van der Waals surface area contributed by atoms with Crippen LogP contribution in [0.15, 0.2) is 17.5 Å². The predicted octanol–water partition coefficient (Wildman–Crippen LogP) is 0.655. The summed E-state index contributed by atoms with van der Waals surface area (Å²) in [5.74, 6) is -0.261. The maximum absolute atomic E-state index is 12.2. The molecule has 1 aliphatic rings. The van der Waals surface area contributed by atoms with Crippen molar-refractivity contribution >= 4 is 17.4 Å². The zero-order valence-electron chi connectivity index (χ0n) is 9.31. The molecule has 92 valence electrons. The van der Waals surface area contributed by atoms with E-state index in [2.05, 4.69) is 20.7 Å². The van der Waals surface area contributed by atoms with Gasteiger partial charge in [-0.1, -0.05) is 18.0 Å². The van der Waals surface area contributed by atoms with Gasteiger partial charge in [0.05, 0.1) is 11.9 Å². The molecule has 1 aliphatic carbocycles. The minimum Gasteiger partial charge on any atom is -0.409 e. The number of aromatic nitrogens is 2. The molecule has 1 aromatic heterocycles. The molecule has 17 heavy (non-hydrogen) atoms. The van der Waals surface area contributed by atoms with Crippen LogP contribution in [0.2, 0.25) is 0 Å². The number of amides is 1. The molecule has 0 unspecified atom stereocenters. The number of H-pyrrole nitrogens is 1. The summed E-state index contributed by atoms with van der Waals surface area (Å²) < 4.78 is 0. The Labute approximate surface area is 98.1 Å². The maximum Gasteiger partial charge on any atom is 0.238 e. The van der Waals surface area contributed by atoms with E-state index in [4.69, 9.17) is 10.9 Å². The molecule has 2 rings (SSSR count). The zero-order chi connectivity index (χ0) is 12.3. The molecule has 1 saturated carbocycles. The Bertz CT molecular complexity index is 420. The molecule has 1 heterocycles. The van der Waals surface area contributed by atoms with Crippen LogP contribution >= 0.6 is 0 Å². The molecular formula is C10H15N5O2. The number of nitrogens with zero attached hydrogens (tertiary/aromatic N) is 2. The number of oxime groups is 1. The van der Waals surface area contributed by atoms with E-state index in [0.29, 0.717) is 18.5 Å². The van der Waals surface area contributed by atoms with Crippen LogP contribution in [0.4, 0.5) is 5.69 Å². The van der Waals surface area contributed by atoms with Gasteiger partial charge in [0.2, 0.25) is 5.91 Å². The Hall–Kier alpha value is -2.05. The standard InChI is InChI=1S/C10H15N5O2/c11-8(15-17)10(3-1-2-4-10)9(16)14-7-5-12-13-6-7/h5-6,17H,1-4H2,(H2,11,15)(H,12,13)(H,14,16). The minimum absolute atomic E-state index is 0.0176. The second-order valence-corrected chi connectivity index (χ2v) is 4.22. The quantitative estimate of drug-likeness (QED) is 0.267. The van der Waals surface area contributed by atoms with Crippen molar-refractivity contribution in [1.29, 1.82) is 0 Å². The van der Waals surface area contributed by atoms with E-state index in [0.717, 1.165) is 12.8 Å².